The van der Waals surface area contributed by atoms with Gasteiger partial charge in [0, 0.05) is 30.3 Å². The molecule has 2 saturated heterocycles. The highest BCUT2D eigenvalue weighted by Crippen LogP contribution is 2.59. The van der Waals surface area contributed by atoms with Crippen LogP contribution in [0, 0.1) is 23.2 Å². The molecule has 2 aliphatic carbocycles. The molecule has 0 spiro atoms. The molecular weight excluding hydrogens is 711 g/mol. The maximum absolute atomic E-state index is 14.6. The lowest BCUT2D eigenvalue weighted by molar-refractivity contribution is -0.151. The van der Waals surface area contributed by atoms with Gasteiger partial charge in [0.05, 0.1) is 43.4 Å². The Morgan fingerprint density at radius 2 is 1.76 bits per heavy atom. The number of fused-ring (bicyclic) bond motifs is 4. The number of hydrogen-bond acceptors (Lipinski definition) is 10. The second kappa shape index (κ2) is 16.2. The highest BCUT2D eigenvalue weighted by molar-refractivity contribution is 7.90. The zero-order valence-electron chi connectivity index (χ0n) is 31.7. The molecule has 13 heteroatoms. The SMILES string of the molecule is COc1cc2ccnc3c2cc1CCCC[C@@H](C)COC(=O)C[C@H]1CCCCCCC[C@H]2C[C@@]2(C(=O)NS(=O)(=O)C2CC2)CC(=O)[C@@H]2C[C@H](CN2C1=O)O3. The second-order valence-electron chi connectivity index (χ2n) is 16.6. The Morgan fingerprint density at radius 1 is 1.00 bits per heavy atom. The lowest BCUT2D eigenvalue weighted by atomic mass is 9.90. The number of nitrogens with one attached hydrogen (secondary N) is 1. The molecule has 54 heavy (non-hydrogen) atoms. The topological polar surface area (TPSA) is 158 Å². The van der Waals surface area contributed by atoms with Gasteiger partial charge in [-0.15, -0.1) is 0 Å². The quantitative estimate of drug-likeness (QED) is 0.376. The number of sulfonamides is 1. The number of carbonyl (C=O) groups excluding carboxylic acids is 4. The molecule has 294 valence electrons. The Labute approximate surface area is 318 Å². The minimum absolute atomic E-state index is 0.0750. The number of rotatable bonds is 4. The number of cyclic esters (lactones) is 1. The summed E-state index contributed by atoms with van der Waals surface area (Å²) in [4.78, 5) is 62.5. The maximum atomic E-state index is 14.6. The number of nitrogens with zero attached hydrogens (tertiary/aromatic N) is 2. The van der Waals surface area contributed by atoms with Gasteiger partial charge in [0.25, 0.3) is 0 Å². The first-order valence-electron chi connectivity index (χ1n) is 20.1. The van der Waals surface area contributed by atoms with Crippen molar-refractivity contribution < 1.29 is 41.8 Å². The number of Topliss-reactive ketones (excluding diaryl/α,β-unsaturated/α-hetero) is 1. The molecular formula is C41H55N3O9S. The largest absolute Gasteiger partial charge is 0.496 e. The monoisotopic (exact) mass is 765 g/mol. The van der Waals surface area contributed by atoms with E-state index in [1.54, 1.807) is 18.2 Å². The van der Waals surface area contributed by atoms with Crippen LogP contribution in [0.3, 0.4) is 0 Å². The number of amides is 2. The van der Waals surface area contributed by atoms with Crippen LogP contribution in [0.2, 0.25) is 0 Å². The number of pyridine rings is 1. The van der Waals surface area contributed by atoms with Gasteiger partial charge in [-0.1, -0.05) is 45.4 Å². The van der Waals surface area contributed by atoms with Crippen LogP contribution in [0.5, 0.6) is 11.6 Å². The summed E-state index contributed by atoms with van der Waals surface area (Å²) in [6.07, 6.45) is 11.7. The number of aryl methyl sites for hydroxylation is 1. The van der Waals surface area contributed by atoms with Crippen LogP contribution in [0.1, 0.15) is 115 Å². The highest BCUT2D eigenvalue weighted by atomic mass is 32.2. The Hall–Kier alpha value is -3.74. The van der Waals surface area contributed by atoms with Gasteiger partial charge in [-0.3, -0.25) is 23.9 Å². The minimum Gasteiger partial charge on any atom is -0.496 e. The molecule has 4 heterocycles. The molecule has 0 unspecified atom stereocenters. The Morgan fingerprint density at radius 3 is 2.54 bits per heavy atom. The van der Waals surface area contributed by atoms with Gasteiger partial charge in [0.1, 0.15) is 11.9 Å². The number of ether oxygens (including phenoxy) is 3. The van der Waals surface area contributed by atoms with E-state index in [1.165, 1.54) is 0 Å². The Bertz CT molecular complexity index is 1860. The van der Waals surface area contributed by atoms with Crippen molar-refractivity contribution >= 4 is 44.4 Å². The first kappa shape index (κ1) is 38.5. The fraction of sp³-hybridized carbons (Fsp3) is 0.683. The summed E-state index contributed by atoms with van der Waals surface area (Å²) in [5, 5.41) is 1.14. The van der Waals surface area contributed by atoms with Crippen LogP contribution in [0.25, 0.3) is 10.8 Å². The smallest absolute Gasteiger partial charge is 0.306 e. The molecule has 7 rings (SSSR count). The van der Waals surface area contributed by atoms with Gasteiger partial charge in [-0.2, -0.15) is 0 Å². The molecule has 3 aliphatic heterocycles. The molecule has 1 aromatic heterocycles. The summed E-state index contributed by atoms with van der Waals surface area (Å²) in [6.45, 7) is 2.45. The lowest BCUT2D eigenvalue weighted by Crippen LogP contribution is -2.46. The lowest BCUT2D eigenvalue weighted by Gasteiger charge is -2.29. The van der Waals surface area contributed by atoms with E-state index in [-0.39, 0.29) is 55.9 Å². The molecule has 4 fully saturated rings. The van der Waals surface area contributed by atoms with E-state index in [1.807, 2.05) is 12.1 Å². The van der Waals surface area contributed by atoms with Crippen molar-refractivity contribution in [2.75, 3.05) is 20.3 Å². The van der Waals surface area contributed by atoms with E-state index >= 15 is 0 Å². The Kier molecular flexibility index (Phi) is 11.5. The van der Waals surface area contributed by atoms with Crippen LogP contribution < -0.4 is 14.2 Å². The summed E-state index contributed by atoms with van der Waals surface area (Å²) >= 11 is 0. The third-order valence-corrected chi connectivity index (χ3v) is 14.3. The number of benzene rings is 1. The molecule has 0 radical (unpaired) electrons. The van der Waals surface area contributed by atoms with E-state index in [0.717, 1.165) is 86.3 Å². The standard InChI is InChI=1S/C41H55N3O9S/c1-26-10-8-9-11-28-18-33-27(19-36(28)51-2)16-17-42-38(33)53-31-21-34-35(45)23-41(40(48)43-54(49,50)32-14-15-32)22-30(41)13-7-5-3-4-6-12-29(20-37(46)52-25-26)39(47)44(34)24-31/h16-19,26,29-32,34H,3-15,20-25H2,1-2H3,(H,43,48)/t26-,29-,30+,31-,34+,41-/m1/s1. The van der Waals surface area contributed by atoms with Crippen LogP contribution in [0.4, 0.5) is 0 Å². The normalized spacial score (nSPS) is 30.5. The fourth-order valence-electron chi connectivity index (χ4n) is 8.99. The van der Waals surface area contributed by atoms with Crippen LogP contribution in [-0.4, -0.2) is 79.5 Å². The predicted octanol–water partition coefficient (Wildman–Crippen LogP) is 5.82. The van der Waals surface area contributed by atoms with E-state index in [0.29, 0.717) is 31.6 Å². The van der Waals surface area contributed by atoms with Gasteiger partial charge >= 0.3 is 5.97 Å². The molecule has 2 aromatic rings. The highest BCUT2D eigenvalue weighted by Gasteiger charge is 2.62. The van der Waals surface area contributed by atoms with Gasteiger partial charge < -0.3 is 19.1 Å². The Balaban J connectivity index is 1.22. The number of hydrogen-bond donors (Lipinski definition) is 1. The van der Waals surface area contributed by atoms with Gasteiger partial charge in [-0.05, 0) is 92.4 Å². The number of carbonyl (C=O) groups is 4. The van der Waals surface area contributed by atoms with Crippen molar-refractivity contribution in [2.24, 2.45) is 23.2 Å². The average Bonchev–Trinajstić information content (AvgIpc) is 4.07. The maximum Gasteiger partial charge on any atom is 0.306 e. The van der Waals surface area contributed by atoms with Crippen LogP contribution in [-0.2, 0) is 40.4 Å². The minimum atomic E-state index is -3.81. The molecule has 5 aliphatic rings. The van der Waals surface area contributed by atoms with E-state index in [4.69, 9.17) is 14.2 Å². The first-order chi connectivity index (χ1) is 26.0. The van der Waals surface area contributed by atoms with Crippen molar-refractivity contribution in [2.45, 2.75) is 133 Å². The average molecular weight is 766 g/mol. The van der Waals surface area contributed by atoms with E-state index in [2.05, 4.69) is 22.7 Å². The van der Waals surface area contributed by atoms with Crippen LogP contribution in [0.15, 0.2) is 24.4 Å². The molecule has 6 atom stereocenters. The first-order valence-corrected chi connectivity index (χ1v) is 21.7. The van der Waals surface area contributed by atoms with Gasteiger partial charge in [0.2, 0.25) is 27.7 Å². The summed E-state index contributed by atoms with van der Waals surface area (Å²) < 4.78 is 46.2. The van der Waals surface area contributed by atoms with E-state index in [9.17, 15) is 27.6 Å². The van der Waals surface area contributed by atoms with Crippen LogP contribution >= 0.6 is 0 Å². The zero-order valence-corrected chi connectivity index (χ0v) is 32.5. The zero-order chi connectivity index (χ0) is 38.0. The van der Waals surface area contributed by atoms with Crippen molar-refractivity contribution in [3.8, 4) is 11.6 Å². The number of esters is 1. The second-order valence-corrected chi connectivity index (χ2v) is 18.6. The molecule has 1 aromatic carbocycles. The number of methoxy groups -OCH3 is 1. The third-order valence-electron chi connectivity index (χ3n) is 12.5. The van der Waals surface area contributed by atoms with E-state index < -0.39 is 50.6 Å². The summed E-state index contributed by atoms with van der Waals surface area (Å²) in [7, 11) is -2.15. The molecule has 1 N–H and O–H groups in total. The van der Waals surface area contributed by atoms with Crippen molar-refractivity contribution in [1.29, 1.82) is 0 Å². The molecule has 2 amide bonds. The molecule has 2 saturated carbocycles. The number of ketones is 1. The predicted molar refractivity (Wildman–Crippen MR) is 201 cm³/mol. The summed E-state index contributed by atoms with van der Waals surface area (Å²) in [5.41, 5.74) is -0.108. The fourth-order valence-corrected chi connectivity index (χ4v) is 10.4. The molecule has 5 bridgehead atoms. The van der Waals surface area contributed by atoms with Crippen molar-refractivity contribution in [3.63, 3.8) is 0 Å². The third kappa shape index (κ3) is 8.55. The number of aromatic nitrogens is 1. The summed E-state index contributed by atoms with van der Waals surface area (Å²) in [5.74, 6) is -1.06. The van der Waals surface area contributed by atoms with Crippen molar-refractivity contribution in [1.82, 2.24) is 14.6 Å². The van der Waals surface area contributed by atoms with Crippen molar-refractivity contribution in [3.05, 3.63) is 30.0 Å². The van der Waals surface area contributed by atoms with Gasteiger partial charge in [0.15, 0.2) is 5.78 Å². The summed E-state index contributed by atoms with van der Waals surface area (Å²) in [6, 6.07) is 5.04. The van der Waals surface area contributed by atoms with Gasteiger partial charge in [-0.25, -0.2) is 13.4 Å². The molecule has 12 nitrogen and oxygen atoms in total.